The van der Waals surface area contributed by atoms with Crippen LogP contribution in [0.25, 0.3) is 0 Å². The zero-order valence-corrected chi connectivity index (χ0v) is 16.7. The summed E-state index contributed by atoms with van der Waals surface area (Å²) in [6.07, 6.45) is 2.04. The molecule has 2 rings (SSSR count). The average molecular weight is 390 g/mol. The van der Waals surface area contributed by atoms with Gasteiger partial charge < -0.3 is 19.7 Å². The van der Waals surface area contributed by atoms with Crippen molar-refractivity contribution < 1.29 is 23.9 Å². The summed E-state index contributed by atoms with van der Waals surface area (Å²) in [6.45, 7) is 5.86. The number of carbonyl (C=O) groups is 3. The molecule has 0 bridgehead atoms. The number of nitrogens with one attached hydrogen (secondary N) is 1. The van der Waals surface area contributed by atoms with Gasteiger partial charge in [-0.2, -0.15) is 0 Å². The summed E-state index contributed by atoms with van der Waals surface area (Å²) in [5.74, 6) is 0.397. The van der Waals surface area contributed by atoms with Crippen LogP contribution in [0.1, 0.15) is 45.1 Å². The molecule has 1 aliphatic rings. The maximum Gasteiger partial charge on any atom is 0.306 e. The molecular weight excluding hydrogens is 360 g/mol. The smallest absolute Gasteiger partial charge is 0.306 e. The van der Waals surface area contributed by atoms with Gasteiger partial charge in [0.25, 0.3) is 0 Å². The zero-order valence-electron chi connectivity index (χ0n) is 16.7. The Labute approximate surface area is 166 Å². The molecule has 1 aromatic rings. The van der Waals surface area contributed by atoms with Crippen molar-refractivity contribution in [2.24, 2.45) is 0 Å². The number of esters is 1. The predicted octanol–water partition coefficient (Wildman–Crippen LogP) is 2.08. The molecule has 7 heteroatoms. The van der Waals surface area contributed by atoms with E-state index >= 15 is 0 Å². The van der Waals surface area contributed by atoms with Crippen LogP contribution in [0.5, 0.6) is 5.75 Å². The molecule has 0 unspecified atom stereocenters. The number of nitrogens with zero attached hydrogens (tertiary/aromatic N) is 1. The Bertz CT molecular complexity index is 651. The first kappa shape index (κ1) is 21.7. The summed E-state index contributed by atoms with van der Waals surface area (Å²) < 4.78 is 10.2. The normalized spacial score (nSPS) is 14.4. The minimum Gasteiger partial charge on any atom is -0.494 e. The molecule has 1 fully saturated rings. The van der Waals surface area contributed by atoms with Gasteiger partial charge in [-0.15, -0.1) is 0 Å². The summed E-state index contributed by atoms with van der Waals surface area (Å²) in [7, 11) is 0. The molecule has 0 saturated carbocycles. The first-order valence-corrected chi connectivity index (χ1v) is 9.96. The lowest BCUT2D eigenvalue weighted by molar-refractivity contribution is -0.144. The van der Waals surface area contributed by atoms with Gasteiger partial charge in [-0.3, -0.25) is 14.4 Å². The minimum absolute atomic E-state index is 0.0456. The summed E-state index contributed by atoms with van der Waals surface area (Å²) in [5.41, 5.74) is 0.961. The van der Waals surface area contributed by atoms with E-state index in [4.69, 9.17) is 9.47 Å². The lowest BCUT2D eigenvalue weighted by atomic mass is 10.0. The second kappa shape index (κ2) is 11.3. The lowest BCUT2D eigenvalue weighted by Gasteiger charge is -2.32. The molecule has 1 saturated heterocycles. The van der Waals surface area contributed by atoms with E-state index in [1.807, 2.05) is 36.1 Å². The molecule has 2 amide bonds. The van der Waals surface area contributed by atoms with Gasteiger partial charge >= 0.3 is 5.97 Å². The molecule has 0 spiro atoms. The number of piperidine rings is 1. The molecule has 0 atom stereocenters. The number of hydrogen-bond acceptors (Lipinski definition) is 5. The van der Waals surface area contributed by atoms with Crippen LogP contribution in [-0.2, 0) is 25.5 Å². The fourth-order valence-electron chi connectivity index (χ4n) is 3.18. The summed E-state index contributed by atoms with van der Waals surface area (Å²) in [4.78, 5) is 37.6. The van der Waals surface area contributed by atoms with E-state index in [2.05, 4.69) is 5.32 Å². The van der Waals surface area contributed by atoms with Crippen LogP contribution in [0, 0.1) is 0 Å². The first-order chi connectivity index (χ1) is 13.5. The number of likely N-dealkylation sites (tertiary alicyclic amines) is 1. The van der Waals surface area contributed by atoms with Crippen LogP contribution in [0.4, 0.5) is 0 Å². The standard InChI is InChI=1S/C21H30N2O5/c1-3-27-18-7-5-16(6-8-18)15-20(25)23-13-11-17(12-14-23)22-19(24)9-10-21(26)28-4-2/h5-8,17H,3-4,9-15H2,1-2H3,(H,22,24). The van der Waals surface area contributed by atoms with Crippen LogP contribution in [-0.4, -0.2) is 55.0 Å². The Balaban J connectivity index is 1.70. The van der Waals surface area contributed by atoms with E-state index in [1.165, 1.54) is 0 Å². The minimum atomic E-state index is -0.354. The van der Waals surface area contributed by atoms with Gasteiger partial charge in [-0.25, -0.2) is 0 Å². The number of carbonyl (C=O) groups excluding carboxylic acids is 3. The Morgan fingerprint density at radius 2 is 1.71 bits per heavy atom. The summed E-state index contributed by atoms with van der Waals surface area (Å²) in [6, 6.07) is 7.64. The fourth-order valence-corrected chi connectivity index (χ4v) is 3.18. The fraction of sp³-hybridized carbons (Fsp3) is 0.571. The molecule has 154 valence electrons. The van der Waals surface area contributed by atoms with E-state index < -0.39 is 0 Å². The quantitative estimate of drug-likeness (QED) is 0.653. The van der Waals surface area contributed by atoms with Gasteiger partial charge in [0.05, 0.1) is 26.1 Å². The summed E-state index contributed by atoms with van der Waals surface area (Å²) >= 11 is 0. The highest BCUT2D eigenvalue weighted by atomic mass is 16.5. The highest BCUT2D eigenvalue weighted by Gasteiger charge is 2.24. The molecule has 1 aliphatic heterocycles. The molecule has 7 nitrogen and oxygen atoms in total. The Morgan fingerprint density at radius 3 is 2.32 bits per heavy atom. The van der Waals surface area contributed by atoms with Crippen molar-refractivity contribution in [2.75, 3.05) is 26.3 Å². The SMILES string of the molecule is CCOC(=O)CCC(=O)NC1CCN(C(=O)Cc2ccc(OCC)cc2)CC1. The Kier molecular flexibility index (Phi) is 8.78. The number of ether oxygens (including phenoxy) is 2. The van der Waals surface area contributed by atoms with Gasteiger partial charge in [0, 0.05) is 25.6 Å². The van der Waals surface area contributed by atoms with Gasteiger partial charge in [0.2, 0.25) is 11.8 Å². The van der Waals surface area contributed by atoms with E-state index in [-0.39, 0.29) is 36.7 Å². The second-order valence-electron chi connectivity index (χ2n) is 6.78. The van der Waals surface area contributed by atoms with Crippen LogP contribution in [0.3, 0.4) is 0 Å². The van der Waals surface area contributed by atoms with Crippen molar-refractivity contribution in [1.29, 1.82) is 0 Å². The van der Waals surface area contributed by atoms with Crippen LogP contribution in [0.15, 0.2) is 24.3 Å². The molecular formula is C21H30N2O5. The van der Waals surface area contributed by atoms with Crippen molar-refractivity contribution in [3.05, 3.63) is 29.8 Å². The highest BCUT2D eigenvalue weighted by molar-refractivity contribution is 5.81. The van der Waals surface area contributed by atoms with Crippen LogP contribution < -0.4 is 10.1 Å². The molecule has 1 N–H and O–H groups in total. The van der Waals surface area contributed by atoms with Crippen molar-refractivity contribution in [3.8, 4) is 5.75 Å². The van der Waals surface area contributed by atoms with Crippen molar-refractivity contribution >= 4 is 17.8 Å². The topological polar surface area (TPSA) is 84.9 Å². The number of rotatable bonds is 9. The lowest BCUT2D eigenvalue weighted by Crippen LogP contribution is -2.47. The Morgan fingerprint density at radius 1 is 1.04 bits per heavy atom. The molecule has 0 aliphatic carbocycles. The molecule has 0 aromatic heterocycles. The molecule has 1 aromatic carbocycles. The highest BCUT2D eigenvalue weighted by Crippen LogP contribution is 2.15. The van der Waals surface area contributed by atoms with Crippen molar-refractivity contribution in [1.82, 2.24) is 10.2 Å². The Hall–Kier alpha value is -2.57. The largest absolute Gasteiger partial charge is 0.494 e. The third-order valence-electron chi connectivity index (χ3n) is 4.66. The van der Waals surface area contributed by atoms with E-state index in [1.54, 1.807) is 6.92 Å². The van der Waals surface area contributed by atoms with E-state index in [9.17, 15) is 14.4 Å². The van der Waals surface area contributed by atoms with Crippen LogP contribution >= 0.6 is 0 Å². The van der Waals surface area contributed by atoms with Gasteiger partial charge in [-0.1, -0.05) is 12.1 Å². The van der Waals surface area contributed by atoms with E-state index in [0.717, 1.165) is 24.2 Å². The third-order valence-corrected chi connectivity index (χ3v) is 4.66. The predicted molar refractivity (Wildman–Crippen MR) is 105 cm³/mol. The maximum absolute atomic E-state index is 12.5. The molecule has 28 heavy (non-hydrogen) atoms. The average Bonchev–Trinajstić information content (AvgIpc) is 2.69. The maximum atomic E-state index is 12.5. The molecule has 1 heterocycles. The second-order valence-corrected chi connectivity index (χ2v) is 6.78. The number of amides is 2. The third kappa shape index (κ3) is 7.21. The van der Waals surface area contributed by atoms with Crippen LogP contribution in [0.2, 0.25) is 0 Å². The van der Waals surface area contributed by atoms with Gasteiger partial charge in [-0.05, 0) is 44.4 Å². The van der Waals surface area contributed by atoms with E-state index in [0.29, 0.717) is 32.7 Å². The van der Waals surface area contributed by atoms with Crippen molar-refractivity contribution in [3.63, 3.8) is 0 Å². The number of benzene rings is 1. The monoisotopic (exact) mass is 390 g/mol. The van der Waals surface area contributed by atoms with Gasteiger partial charge in [0.15, 0.2) is 0 Å². The van der Waals surface area contributed by atoms with Crippen molar-refractivity contribution in [2.45, 2.75) is 52.0 Å². The first-order valence-electron chi connectivity index (χ1n) is 9.96. The van der Waals surface area contributed by atoms with Gasteiger partial charge in [0.1, 0.15) is 5.75 Å². The number of hydrogen-bond donors (Lipinski definition) is 1. The zero-order chi connectivity index (χ0) is 20.4. The summed E-state index contributed by atoms with van der Waals surface area (Å²) in [5, 5.41) is 2.95. The molecule has 0 radical (unpaired) electrons.